The Balaban J connectivity index is 1.05. The molecule has 0 spiro atoms. The number of piperidine rings is 1. The van der Waals surface area contributed by atoms with Crippen molar-refractivity contribution in [3.05, 3.63) is 70.4 Å². The van der Waals surface area contributed by atoms with Gasteiger partial charge in [0.05, 0.1) is 6.54 Å². The van der Waals surface area contributed by atoms with E-state index in [0.29, 0.717) is 24.8 Å². The average molecular weight is 518 g/mol. The zero-order chi connectivity index (χ0) is 26.0. The van der Waals surface area contributed by atoms with Crippen LogP contribution in [0.4, 0.5) is 24.7 Å². The largest absolute Gasteiger partial charge is 0.573 e. The fourth-order valence-electron chi connectivity index (χ4n) is 4.69. The lowest BCUT2D eigenvalue weighted by Crippen LogP contribution is -2.34. The lowest BCUT2D eigenvalue weighted by atomic mass is 9.90. The molecule has 3 aromatic rings. The van der Waals surface area contributed by atoms with Gasteiger partial charge in [0.25, 0.3) is 0 Å². The zero-order valence-corrected chi connectivity index (χ0v) is 19.8. The molecule has 1 aromatic heterocycles. The highest BCUT2D eigenvalue weighted by Crippen LogP contribution is 2.29. The van der Waals surface area contributed by atoms with Crippen molar-refractivity contribution in [3.63, 3.8) is 0 Å². The van der Waals surface area contributed by atoms with Crippen LogP contribution in [0.2, 0.25) is 0 Å². The molecule has 37 heavy (non-hydrogen) atoms. The minimum atomic E-state index is -4.68. The first-order valence-electron chi connectivity index (χ1n) is 11.9. The minimum Gasteiger partial charge on any atom is -0.490 e. The molecule has 0 radical (unpaired) electrons. The average Bonchev–Trinajstić information content (AvgIpc) is 3.43. The van der Waals surface area contributed by atoms with E-state index in [0.717, 1.165) is 43.6 Å². The molecule has 0 amide bonds. The molecule has 12 heteroatoms. The van der Waals surface area contributed by atoms with E-state index in [1.807, 2.05) is 24.3 Å². The Hall–Kier alpha value is -3.96. The van der Waals surface area contributed by atoms with E-state index < -0.39 is 11.3 Å². The summed E-state index contributed by atoms with van der Waals surface area (Å²) in [6.07, 6.45) is -0.785. The molecule has 2 aromatic carbocycles. The minimum absolute atomic E-state index is 0.201. The molecule has 0 saturated carbocycles. The van der Waals surface area contributed by atoms with Gasteiger partial charge in [0.2, 0.25) is 0 Å². The van der Waals surface area contributed by atoms with Gasteiger partial charge in [-0.2, -0.15) is 0 Å². The molecule has 2 aliphatic heterocycles. The van der Waals surface area contributed by atoms with Crippen LogP contribution in [-0.2, 0) is 13.0 Å². The summed E-state index contributed by atoms with van der Waals surface area (Å²) in [5.41, 5.74) is 2.10. The summed E-state index contributed by atoms with van der Waals surface area (Å²) in [7, 11) is 0. The number of nitrogens with zero attached hydrogens (tertiary/aromatic N) is 4. The Labute approximate surface area is 210 Å². The molecule has 1 saturated heterocycles. The first-order chi connectivity index (χ1) is 17.7. The lowest BCUT2D eigenvalue weighted by Gasteiger charge is -2.33. The molecule has 196 valence electrons. The van der Waals surface area contributed by atoms with Crippen molar-refractivity contribution in [2.75, 3.05) is 24.6 Å². The van der Waals surface area contributed by atoms with Crippen LogP contribution in [0.5, 0.6) is 17.5 Å². The molecule has 0 bridgehead atoms. The molecular weight excluding hydrogens is 493 g/mol. The Morgan fingerprint density at radius 1 is 1.05 bits per heavy atom. The van der Waals surface area contributed by atoms with Crippen LogP contribution in [-0.4, -0.2) is 46.6 Å². The lowest BCUT2D eigenvalue weighted by molar-refractivity contribution is -0.389. The first kappa shape index (κ1) is 24.7. The van der Waals surface area contributed by atoms with Crippen LogP contribution in [0.1, 0.15) is 18.4 Å². The molecule has 3 heterocycles. The number of fused-ring (bicyclic) bond motifs is 1. The number of ether oxygens (including phenoxy) is 3. The SMILES string of the molecule is O=[N+]([O-])c1cn2c(n1)O[C@H](COc1ccc(N3CCC(Cc4ccc(OC(F)(F)F)cc4)CC3)cc1)C2. The Kier molecular flexibility index (Phi) is 6.81. The number of aromatic nitrogens is 2. The van der Waals surface area contributed by atoms with Crippen molar-refractivity contribution in [3.8, 4) is 17.5 Å². The van der Waals surface area contributed by atoms with E-state index in [4.69, 9.17) is 9.47 Å². The number of alkyl halides is 3. The predicted octanol–water partition coefficient (Wildman–Crippen LogP) is 4.99. The van der Waals surface area contributed by atoms with E-state index >= 15 is 0 Å². The van der Waals surface area contributed by atoms with Crippen molar-refractivity contribution < 1.29 is 32.3 Å². The highest BCUT2D eigenvalue weighted by molar-refractivity contribution is 5.49. The number of imidazole rings is 1. The van der Waals surface area contributed by atoms with Crippen LogP contribution in [0.3, 0.4) is 0 Å². The molecule has 9 nitrogen and oxygen atoms in total. The van der Waals surface area contributed by atoms with Crippen molar-refractivity contribution in [1.29, 1.82) is 0 Å². The number of nitro groups is 1. The quantitative estimate of drug-likeness (QED) is 0.307. The number of rotatable bonds is 8. The fraction of sp³-hybridized carbons (Fsp3) is 0.400. The molecule has 0 aliphatic carbocycles. The third-order valence-corrected chi connectivity index (χ3v) is 6.52. The van der Waals surface area contributed by atoms with E-state index in [2.05, 4.69) is 14.6 Å². The van der Waals surface area contributed by atoms with Gasteiger partial charge in [-0.25, -0.2) is 0 Å². The van der Waals surface area contributed by atoms with Gasteiger partial charge >= 0.3 is 18.2 Å². The molecular formula is C25H25F3N4O5. The topological polar surface area (TPSA) is 91.9 Å². The first-order valence-corrected chi connectivity index (χ1v) is 11.9. The van der Waals surface area contributed by atoms with Crippen LogP contribution >= 0.6 is 0 Å². The molecule has 0 N–H and O–H groups in total. The van der Waals surface area contributed by atoms with Gasteiger partial charge in [0.1, 0.15) is 24.3 Å². The van der Waals surface area contributed by atoms with Gasteiger partial charge in [0.15, 0.2) is 6.10 Å². The predicted molar refractivity (Wildman–Crippen MR) is 127 cm³/mol. The summed E-state index contributed by atoms with van der Waals surface area (Å²) in [6.45, 7) is 2.53. The summed E-state index contributed by atoms with van der Waals surface area (Å²) < 4.78 is 54.0. The van der Waals surface area contributed by atoms with E-state index in [1.165, 1.54) is 18.3 Å². The van der Waals surface area contributed by atoms with Gasteiger partial charge in [-0.1, -0.05) is 12.1 Å². The number of hydrogen-bond acceptors (Lipinski definition) is 7. The summed E-state index contributed by atoms with van der Waals surface area (Å²) in [5, 5.41) is 10.8. The van der Waals surface area contributed by atoms with Crippen LogP contribution in [0.15, 0.2) is 54.7 Å². The van der Waals surface area contributed by atoms with Gasteiger partial charge in [-0.15, -0.1) is 13.2 Å². The maximum absolute atomic E-state index is 12.3. The Morgan fingerprint density at radius 2 is 1.73 bits per heavy atom. The second-order valence-electron chi connectivity index (χ2n) is 9.16. The van der Waals surface area contributed by atoms with Gasteiger partial charge in [-0.05, 0) is 72.1 Å². The monoisotopic (exact) mass is 518 g/mol. The number of anilines is 1. The molecule has 2 aliphatic rings. The summed E-state index contributed by atoms with van der Waals surface area (Å²) in [4.78, 5) is 16.4. The van der Waals surface area contributed by atoms with Gasteiger partial charge < -0.3 is 29.2 Å². The molecule has 1 atom stereocenters. The number of halogens is 3. The second-order valence-corrected chi connectivity index (χ2v) is 9.16. The third kappa shape index (κ3) is 6.25. The van der Waals surface area contributed by atoms with Crippen molar-refractivity contribution in [2.24, 2.45) is 5.92 Å². The van der Waals surface area contributed by atoms with Gasteiger partial charge in [0, 0.05) is 23.8 Å². The summed E-state index contributed by atoms with van der Waals surface area (Å²) in [5.74, 6) is 0.738. The Bertz CT molecular complexity index is 1200. The van der Waals surface area contributed by atoms with Crippen LogP contribution < -0.4 is 19.1 Å². The molecule has 5 rings (SSSR count). The second kappa shape index (κ2) is 10.2. The smallest absolute Gasteiger partial charge is 0.490 e. The third-order valence-electron chi connectivity index (χ3n) is 6.52. The summed E-state index contributed by atoms with van der Waals surface area (Å²) >= 11 is 0. The molecule has 0 unspecified atom stereocenters. The van der Waals surface area contributed by atoms with Crippen molar-refractivity contribution >= 4 is 11.5 Å². The van der Waals surface area contributed by atoms with E-state index in [9.17, 15) is 23.3 Å². The normalized spacial score (nSPS) is 17.8. The van der Waals surface area contributed by atoms with Gasteiger partial charge in [-0.3, -0.25) is 4.57 Å². The standard InChI is InChI=1S/C25H25F3N4O5/c26-25(27,28)37-21-5-1-17(2-6-21)13-18-9-11-30(12-10-18)19-3-7-20(8-4-19)35-16-22-14-31-15-23(32(33)34)29-24(31)36-22/h1-8,15,18,22H,9-14,16H2/t22-/m0/s1. The highest BCUT2D eigenvalue weighted by atomic mass is 19.4. The maximum atomic E-state index is 12.3. The Morgan fingerprint density at radius 3 is 2.35 bits per heavy atom. The number of benzene rings is 2. The highest BCUT2D eigenvalue weighted by Gasteiger charge is 2.32. The maximum Gasteiger partial charge on any atom is 0.573 e. The van der Waals surface area contributed by atoms with Crippen molar-refractivity contribution in [2.45, 2.75) is 38.3 Å². The fourth-order valence-corrected chi connectivity index (χ4v) is 4.69. The van der Waals surface area contributed by atoms with E-state index in [1.54, 1.807) is 16.7 Å². The van der Waals surface area contributed by atoms with E-state index in [-0.39, 0.29) is 23.7 Å². The van der Waals surface area contributed by atoms with Crippen LogP contribution in [0.25, 0.3) is 0 Å². The molecule has 1 fully saturated rings. The van der Waals surface area contributed by atoms with Crippen molar-refractivity contribution in [1.82, 2.24) is 9.55 Å². The number of hydrogen-bond donors (Lipinski definition) is 0. The zero-order valence-electron chi connectivity index (χ0n) is 19.8. The summed E-state index contributed by atoms with van der Waals surface area (Å²) in [6, 6.07) is 14.2. The van der Waals surface area contributed by atoms with Crippen LogP contribution in [0, 0.1) is 16.0 Å².